The molecule has 168 valence electrons. The molecule has 0 radical (unpaired) electrons. The van der Waals surface area contributed by atoms with E-state index < -0.39 is 0 Å². The number of nitrogens with one attached hydrogen (secondary N) is 1. The number of carbonyl (C=O) groups excluding carboxylic acids is 1. The van der Waals surface area contributed by atoms with Gasteiger partial charge in [0.1, 0.15) is 6.61 Å². The van der Waals surface area contributed by atoms with E-state index in [-0.39, 0.29) is 5.91 Å². The van der Waals surface area contributed by atoms with Crippen LogP contribution >= 0.6 is 35.0 Å². The summed E-state index contributed by atoms with van der Waals surface area (Å²) in [6.07, 6.45) is 1.79. The van der Waals surface area contributed by atoms with Gasteiger partial charge >= 0.3 is 0 Å². The first-order chi connectivity index (χ1) is 15.9. The molecule has 1 fully saturated rings. The van der Waals surface area contributed by atoms with Crippen molar-refractivity contribution in [3.63, 3.8) is 0 Å². The van der Waals surface area contributed by atoms with Crippen LogP contribution in [0.4, 0.5) is 5.69 Å². The van der Waals surface area contributed by atoms with E-state index in [0.29, 0.717) is 43.9 Å². The predicted octanol–water partition coefficient (Wildman–Crippen LogP) is 6.78. The summed E-state index contributed by atoms with van der Waals surface area (Å²) in [7, 11) is 1.57. The molecule has 3 aromatic carbocycles. The van der Waals surface area contributed by atoms with Crippen LogP contribution in [0, 0.1) is 6.92 Å². The number of rotatable bonds is 6. The van der Waals surface area contributed by atoms with Crippen molar-refractivity contribution in [3.05, 3.63) is 92.3 Å². The second-order valence-electron chi connectivity index (χ2n) is 7.16. The minimum Gasteiger partial charge on any atom is -0.493 e. The van der Waals surface area contributed by atoms with E-state index in [9.17, 15) is 4.79 Å². The number of methoxy groups -OCH3 is 1. The number of ether oxygens (including phenoxy) is 2. The predicted molar refractivity (Wildman–Crippen MR) is 136 cm³/mol. The third-order valence-corrected chi connectivity index (χ3v) is 6.63. The molecule has 0 atom stereocenters. The molecule has 1 saturated heterocycles. The zero-order chi connectivity index (χ0) is 23.4. The Morgan fingerprint density at radius 3 is 2.61 bits per heavy atom. The van der Waals surface area contributed by atoms with Gasteiger partial charge in [0, 0.05) is 15.6 Å². The number of thioether (sulfide) groups is 1. The van der Waals surface area contributed by atoms with Crippen molar-refractivity contribution in [2.24, 2.45) is 4.99 Å². The van der Waals surface area contributed by atoms with E-state index in [4.69, 9.17) is 32.7 Å². The van der Waals surface area contributed by atoms with Gasteiger partial charge in [0.2, 0.25) is 0 Å². The Morgan fingerprint density at radius 2 is 1.82 bits per heavy atom. The first-order valence-corrected chi connectivity index (χ1v) is 11.6. The average molecular weight is 499 g/mol. The lowest BCUT2D eigenvalue weighted by Crippen LogP contribution is -2.19. The molecule has 0 aromatic heterocycles. The second-order valence-corrected chi connectivity index (χ2v) is 9.00. The highest BCUT2D eigenvalue weighted by Crippen LogP contribution is 2.34. The fourth-order valence-electron chi connectivity index (χ4n) is 3.12. The topological polar surface area (TPSA) is 59.9 Å². The van der Waals surface area contributed by atoms with Crippen molar-refractivity contribution < 1.29 is 14.3 Å². The van der Waals surface area contributed by atoms with E-state index >= 15 is 0 Å². The highest BCUT2D eigenvalue weighted by molar-refractivity contribution is 8.18. The molecule has 1 aliphatic heterocycles. The quantitative estimate of drug-likeness (QED) is 0.380. The van der Waals surface area contributed by atoms with Crippen LogP contribution < -0.4 is 14.8 Å². The molecule has 0 unspecified atom stereocenters. The van der Waals surface area contributed by atoms with E-state index in [0.717, 1.165) is 16.7 Å². The Labute approximate surface area is 206 Å². The Kier molecular flexibility index (Phi) is 7.28. The van der Waals surface area contributed by atoms with Gasteiger partial charge in [0.05, 0.1) is 17.7 Å². The molecule has 1 amide bonds. The maximum atomic E-state index is 12.5. The minimum atomic E-state index is -0.212. The lowest BCUT2D eigenvalue weighted by Gasteiger charge is -2.12. The summed E-state index contributed by atoms with van der Waals surface area (Å²) in [4.78, 5) is 17.5. The van der Waals surface area contributed by atoms with Crippen molar-refractivity contribution in [2.45, 2.75) is 13.5 Å². The van der Waals surface area contributed by atoms with Crippen molar-refractivity contribution in [3.8, 4) is 11.5 Å². The third-order valence-electron chi connectivity index (χ3n) is 4.94. The number of nitrogens with zero attached hydrogens (tertiary/aromatic N) is 1. The second kappa shape index (κ2) is 10.3. The number of halogens is 2. The number of hydrogen-bond donors (Lipinski definition) is 1. The van der Waals surface area contributed by atoms with Crippen molar-refractivity contribution in [1.82, 2.24) is 5.32 Å². The molecule has 33 heavy (non-hydrogen) atoms. The number of hydrogen-bond acceptors (Lipinski definition) is 5. The first-order valence-electron chi connectivity index (χ1n) is 10.0. The average Bonchev–Trinajstić information content (AvgIpc) is 3.15. The zero-order valence-corrected chi connectivity index (χ0v) is 20.2. The number of carbonyl (C=O) groups is 1. The van der Waals surface area contributed by atoms with Gasteiger partial charge in [-0.3, -0.25) is 4.79 Å². The van der Waals surface area contributed by atoms with Crippen LogP contribution in [0.15, 0.2) is 70.6 Å². The summed E-state index contributed by atoms with van der Waals surface area (Å²) in [5.41, 5.74) is 3.26. The minimum absolute atomic E-state index is 0.212. The standard InChI is InChI=1S/C25H20Cl2N2O3S/c1-15-18(26)8-5-9-20(15)28-25-29-24(30)23(33-25)13-16-10-11-21(22(12-16)31-2)32-14-17-6-3-4-7-19(17)27/h3-13H,14H2,1-2H3,(H,28,29,30)/b23-13+. The molecule has 3 aromatic rings. The lowest BCUT2D eigenvalue weighted by molar-refractivity contribution is -0.115. The molecule has 4 rings (SSSR count). The number of amides is 1. The highest BCUT2D eigenvalue weighted by atomic mass is 35.5. The maximum absolute atomic E-state index is 12.5. The van der Waals surface area contributed by atoms with Crippen molar-refractivity contribution >= 4 is 57.8 Å². The van der Waals surface area contributed by atoms with Gasteiger partial charge in [-0.2, -0.15) is 0 Å². The normalized spacial score (nSPS) is 15.7. The molecule has 5 nitrogen and oxygen atoms in total. The van der Waals surface area contributed by atoms with Crippen LogP contribution in [0.25, 0.3) is 6.08 Å². The SMILES string of the molecule is COc1cc(/C=C2/SC(=Nc3cccc(Cl)c3C)NC2=O)ccc1OCc1ccccc1Cl. The van der Waals surface area contributed by atoms with Crippen LogP contribution in [0.1, 0.15) is 16.7 Å². The number of aliphatic imine (C=N–C) groups is 1. The Bertz CT molecular complexity index is 1270. The molecule has 0 saturated carbocycles. The summed E-state index contributed by atoms with van der Waals surface area (Å²) >= 11 is 13.6. The summed E-state index contributed by atoms with van der Waals surface area (Å²) < 4.78 is 11.4. The summed E-state index contributed by atoms with van der Waals surface area (Å²) in [6, 6.07) is 18.5. The Morgan fingerprint density at radius 1 is 1.03 bits per heavy atom. The molecule has 0 bridgehead atoms. The fourth-order valence-corrected chi connectivity index (χ4v) is 4.32. The highest BCUT2D eigenvalue weighted by Gasteiger charge is 2.24. The number of benzene rings is 3. The Balaban J connectivity index is 1.51. The summed E-state index contributed by atoms with van der Waals surface area (Å²) in [6.45, 7) is 2.21. The monoisotopic (exact) mass is 498 g/mol. The molecule has 1 aliphatic rings. The van der Waals surface area contributed by atoms with Gasteiger partial charge in [0.25, 0.3) is 5.91 Å². The summed E-state index contributed by atoms with van der Waals surface area (Å²) in [5, 5.41) is 4.58. The molecular weight excluding hydrogens is 479 g/mol. The van der Waals surface area contributed by atoms with E-state index in [1.165, 1.54) is 11.8 Å². The van der Waals surface area contributed by atoms with Gasteiger partial charge in [-0.25, -0.2) is 4.99 Å². The van der Waals surface area contributed by atoms with E-state index in [1.54, 1.807) is 13.2 Å². The van der Waals surface area contributed by atoms with Crippen LogP contribution in [0.2, 0.25) is 10.0 Å². The van der Waals surface area contributed by atoms with E-state index in [2.05, 4.69) is 10.3 Å². The van der Waals surface area contributed by atoms with Gasteiger partial charge in [-0.15, -0.1) is 0 Å². The molecule has 0 spiro atoms. The van der Waals surface area contributed by atoms with E-state index in [1.807, 2.05) is 67.6 Å². The van der Waals surface area contributed by atoms with Crippen LogP contribution in [-0.4, -0.2) is 18.2 Å². The molecule has 1 N–H and O–H groups in total. The lowest BCUT2D eigenvalue weighted by atomic mass is 10.2. The van der Waals surface area contributed by atoms with Crippen LogP contribution in [0.3, 0.4) is 0 Å². The van der Waals surface area contributed by atoms with Crippen LogP contribution in [-0.2, 0) is 11.4 Å². The zero-order valence-electron chi connectivity index (χ0n) is 17.9. The summed E-state index contributed by atoms with van der Waals surface area (Å²) in [5.74, 6) is 0.932. The van der Waals surface area contributed by atoms with Gasteiger partial charge in [0.15, 0.2) is 16.7 Å². The Hall–Kier alpha value is -2.93. The third kappa shape index (κ3) is 5.53. The first kappa shape index (κ1) is 23.2. The van der Waals surface area contributed by atoms with Crippen molar-refractivity contribution in [2.75, 3.05) is 7.11 Å². The number of amidine groups is 1. The molecule has 1 heterocycles. The van der Waals surface area contributed by atoms with Crippen LogP contribution in [0.5, 0.6) is 11.5 Å². The van der Waals surface area contributed by atoms with Gasteiger partial charge < -0.3 is 14.8 Å². The van der Waals surface area contributed by atoms with Gasteiger partial charge in [-0.1, -0.05) is 53.5 Å². The maximum Gasteiger partial charge on any atom is 0.264 e. The molecular formula is C25H20Cl2N2O3S. The molecule has 8 heteroatoms. The van der Waals surface area contributed by atoms with Gasteiger partial charge in [-0.05, 0) is 66.2 Å². The fraction of sp³-hybridized carbons (Fsp3) is 0.120. The molecule has 0 aliphatic carbocycles. The largest absolute Gasteiger partial charge is 0.493 e. The smallest absolute Gasteiger partial charge is 0.264 e. The van der Waals surface area contributed by atoms with Crippen molar-refractivity contribution in [1.29, 1.82) is 0 Å².